The fourth-order valence-corrected chi connectivity index (χ4v) is 6.03. The van der Waals surface area contributed by atoms with Crippen LogP contribution in [0.25, 0.3) is 44.7 Å². The minimum absolute atomic E-state index is 0.00689. The Labute approximate surface area is 254 Å². The lowest BCUT2D eigenvalue weighted by Crippen LogP contribution is -2.44. The monoisotopic (exact) mass is 584 g/mol. The molecule has 0 unspecified atom stereocenters. The molecule has 1 aliphatic carbocycles. The molecule has 0 spiro atoms. The second-order valence-electron chi connectivity index (χ2n) is 11.5. The number of para-hydroxylation sites is 2. The number of furan rings is 2. The molecule has 220 valence electrons. The fraction of sp³-hybridized carbons (Fsp3) is 0.222. The molecule has 6 aromatic rings. The Balaban J connectivity index is 1.04. The summed E-state index contributed by atoms with van der Waals surface area (Å²) in [5.74, 6) is 2.57. The van der Waals surface area contributed by atoms with E-state index in [4.69, 9.17) is 18.8 Å². The number of aromatic nitrogens is 2. The van der Waals surface area contributed by atoms with Gasteiger partial charge in [-0.05, 0) is 88.1 Å². The van der Waals surface area contributed by atoms with E-state index in [0.717, 1.165) is 59.0 Å². The summed E-state index contributed by atoms with van der Waals surface area (Å²) in [5.41, 5.74) is 3.88. The molecule has 8 nitrogen and oxygen atoms in total. The van der Waals surface area contributed by atoms with Crippen LogP contribution >= 0.6 is 0 Å². The molecular weight excluding hydrogens is 552 g/mol. The highest BCUT2D eigenvalue weighted by Gasteiger charge is 2.26. The number of nitrogens with zero attached hydrogens (tertiary/aromatic N) is 2. The van der Waals surface area contributed by atoms with Crippen molar-refractivity contribution in [3.63, 3.8) is 0 Å². The molecule has 1 fully saturated rings. The molecule has 0 atom stereocenters. The van der Waals surface area contributed by atoms with Crippen molar-refractivity contribution >= 4 is 33.6 Å². The van der Waals surface area contributed by atoms with Crippen molar-refractivity contribution in [2.24, 2.45) is 0 Å². The predicted octanol–water partition coefficient (Wildman–Crippen LogP) is 7.39. The number of benzene rings is 2. The SMILES string of the molecule is Cc1ccc(-c2cc(C(=O)NC3CCC(NC(=O)c4cc(-c5ccc(C)o5)nc5ccccc45)CC3)c3ccccc3n2)o1. The maximum Gasteiger partial charge on any atom is 0.252 e. The van der Waals surface area contributed by atoms with Crippen molar-refractivity contribution in [3.05, 3.63) is 108 Å². The Bertz CT molecular complexity index is 1870. The van der Waals surface area contributed by atoms with Crippen molar-refractivity contribution in [2.45, 2.75) is 51.6 Å². The molecule has 0 saturated heterocycles. The molecule has 4 heterocycles. The number of nitrogens with one attached hydrogen (secondary N) is 2. The van der Waals surface area contributed by atoms with E-state index in [1.807, 2.05) is 86.6 Å². The van der Waals surface area contributed by atoms with Gasteiger partial charge in [0, 0.05) is 22.9 Å². The number of hydrogen-bond acceptors (Lipinski definition) is 6. The predicted molar refractivity (Wildman–Crippen MR) is 169 cm³/mol. The molecule has 1 saturated carbocycles. The van der Waals surface area contributed by atoms with Gasteiger partial charge in [-0.2, -0.15) is 0 Å². The second kappa shape index (κ2) is 11.4. The lowest BCUT2D eigenvalue weighted by molar-refractivity contribution is 0.0893. The first-order valence-electron chi connectivity index (χ1n) is 15.0. The summed E-state index contributed by atoms with van der Waals surface area (Å²) in [6.45, 7) is 3.77. The van der Waals surface area contributed by atoms with E-state index in [-0.39, 0.29) is 23.9 Å². The minimum atomic E-state index is -0.135. The third-order valence-electron chi connectivity index (χ3n) is 8.30. The summed E-state index contributed by atoms with van der Waals surface area (Å²) < 4.78 is 11.6. The van der Waals surface area contributed by atoms with E-state index in [0.29, 0.717) is 34.0 Å². The van der Waals surface area contributed by atoms with Crippen LogP contribution in [0.15, 0.2) is 93.8 Å². The number of amides is 2. The third-order valence-corrected chi connectivity index (χ3v) is 8.30. The summed E-state index contributed by atoms with van der Waals surface area (Å²) in [4.78, 5) is 36.6. The lowest BCUT2D eigenvalue weighted by atomic mass is 9.90. The van der Waals surface area contributed by atoms with Crippen LogP contribution in [0.1, 0.15) is 57.9 Å². The van der Waals surface area contributed by atoms with Crippen molar-refractivity contribution in [3.8, 4) is 22.9 Å². The van der Waals surface area contributed by atoms with E-state index < -0.39 is 0 Å². The average Bonchev–Trinajstić information content (AvgIpc) is 3.69. The second-order valence-corrected chi connectivity index (χ2v) is 11.5. The number of rotatable bonds is 6. The zero-order chi connectivity index (χ0) is 30.2. The standard InChI is InChI=1S/C36H32N4O4/c1-21-11-17-33(43-21)31-19-27(25-7-3-5-9-29(25)39-31)35(41)37-23-13-15-24(16-14-23)38-36(42)28-20-32(34-18-12-22(2)44-34)40-30-10-6-4-8-26(28)30/h3-12,17-20,23-24H,13-16H2,1-2H3,(H,37,41)(H,38,42). The molecule has 1 aliphatic rings. The van der Waals surface area contributed by atoms with Gasteiger partial charge in [0.15, 0.2) is 11.5 Å². The smallest absolute Gasteiger partial charge is 0.252 e. The van der Waals surface area contributed by atoms with Gasteiger partial charge in [-0.25, -0.2) is 9.97 Å². The maximum atomic E-state index is 13.6. The maximum absolute atomic E-state index is 13.6. The van der Waals surface area contributed by atoms with Crippen LogP contribution in [0.5, 0.6) is 0 Å². The van der Waals surface area contributed by atoms with E-state index in [9.17, 15) is 9.59 Å². The molecule has 2 aromatic carbocycles. The van der Waals surface area contributed by atoms with E-state index in [1.54, 1.807) is 12.1 Å². The highest BCUT2D eigenvalue weighted by molar-refractivity contribution is 6.08. The Morgan fingerprint density at radius 2 is 1.02 bits per heavy atom. The zero-order valence-corrected chi connectivity index (χ0v) is 24.6. The number of pyridine rings is 2. The molecule has 4 aromatic heterocycles. The van der Waals surface area contributed by atoms with Crippen LogP contribution in [0.2, 0.25) is 0 Å². The van der Waals surface area contributed by atoms with Crippen LogP contribution < -0.4 is 10.6 Å². The summed E-state index contributed by atoms with van der Waals surface area (Å²) in [5, 5.41) is 8.08. The van der Waals surface area contributed by atoms with Gasteiger partial charge in [0.25, 0.3) is 11.8 Å². The highest BCUT2D eigenvalue weighted by Crippen LogP contribution is 2.29. The van der Waals surface area contributed by atoms with Crippen LogP contribution in [0.4, 0.5) is 0 Å². The van der Waals surface area contributed by atoms with Crippen LogP contribution in [-0.4, -0.2) is 33.9 Å². The molecular formula is C36H32N4O4. The van der Waals surface area contributed by atoms with Crippen molar-refractivity contribution in [1.82, 2.24) is 20.6 Å². The molecule has 44 heavy (non-hydrogen) atoms. The summed E-state index contributed by atoms with van der Waals surface area (Å²) in [7, 11) is 0. The zero-order valence-electron chi connectivity index (χ0n) is 24.6. The molecule has 0 radical (unpaired) electrons. The molecule has 7 rings (SSSR count). The largest absolute Gasteiger partial charge is 0.460 e. The van der Waals surface area contributed by atoms with Crippen LogP contribution in [0.3, 0.4) is 0 Å². The van der Waals surface area contributed by atoms with Gasteiger partial charge in [0.1, 0.15) is 22.9 Å². The first-order chi connectivity index (χ1) is 21.4. The summed E-state index contributed by atoms with van der Waals surface area (Å²) in [6, 6.07) is 26.4. The Morgan fingerprint density at radius 1 is 0.614 bits per heavy atom. The Hall–Kier alpha value is -5.24. The van der Waals surface area contributed by atoms with Gasteiger partial charge in [0.2, 0.25) is 0 Å². The van der Waals surface area contributed by atoms with Crippen molar-refractivity contribution in [2.75, 3.05) is 0 Å². The van der Waals surface area contributed by atoms with Gasteiger partial charge in [-0.15, -0.1) is 0 Å². The fourth-order valence-electron chi connectivity index (χ4n) is 6.03. The Morgan fingerprint density at radius 3 is 1.41 bits per heavy atom. The number of fused-ring (bicyclic) bond motifs is 2. The molecule has 2 N–H and O–H groups in total. The lowest BCUT2D eigenvalue weighted by Gasteiger charge is -2.30. The molecule has 0 aliphatic heterocycles. The normalized spacial score (nSPS) is 16.7. The first kappa shape index (κ1) is 27.6. The van der Waals surface area contributed by atoms with Gasteiger partial charge < -0.3 is 19.5 Å². The van der Waals surface area contributed by atoms with Gasteiger partial charge in [-0.3, -0.25) is 9.59 Å². The topological polar surface area (TPSA) is 110 Å². The van der Waals surface area contributed by atoms with Crippen molar-refractivity contribution in [1.29, 1.82) is 0 Å². The van der Waals surface area contributed by atoms with Gasteiger partial charge in [0.05, 0.1) is 22.2 Å². The van der Waals surface area contributed by atoms with E-state index in [2.05, 4.69) is 10.6 Å². The number of carbonyl (C=O) groups is 2. The molecule has 2 amide bonds. The van der Waals surface area contributed by atoms with Gasteiger partial charge >= 0.3 is 0 Å². The first-order valence-corrected chi connectivity index (χ1v) is 15.0. The molecule has 0 bridgehead atoms. The summed E-state index contributed by atoms with van der Waals surface area (Å²) in [6.07, 6.45) is 3.05. The number of aryl methyl sites for hydroxylation is 2. The third kappa shape index (κ3) is 5.46. The Kier molecular flexibility index (Phi) is 7.18. The molecule has 8 heteroatoms. The average molecular weight is 585 g/mol. The van der Waals surface area contributed by atoms with Gasteiger partial charge in [-0.1, -0.05) is 36.4 Å². The minimum Gasteiger partial charge on any atom is -0.460 e. The number of hydrogen-bond donors (Lipinski definition) is 2. The van der Waals surface area contributed by atoms with E-state index >= 15 is 0 Å². The van der Waals surface area contributed by atoms with Crippen LogP contribution in [-0.2, 0) is 0 Å². The number of carbonyl (C=O) groups excluding carboxylic acids is 2. The van der Waals surface area contributed by atoms with Crippen LogP contribution in [0, 0.1) is 13.8 Å². The quantitative estimate of drug-likeness (QED) is 0.211. The van der Waals surface area contributed by atoms with Crippen molar-refractivity contribution < 1.29 is 18.4 Å². The summed E-state index contributed by atoms with van der Waals surface area (Å²) >= 11 is 0. The highest BCUT2D eigenvalue weighted by atomic mass is 16.3. The van der Waals surface area contributed by atoms with E-state index in [1.165, 1.54) is 0 Å².